The molecular weight excluding hydrogens is 412 g/mol. The van der Waals surface area contributed by atoms with E-state index in [1.54, 1.807) is 0 Å². The molecular formula is C15H19Cl2F7N2. The van der Waals surface area contributed by atoms with Gasteiger partial charge in [0.05, 0.1) is 5.56 Å². The van der Waals surface area contributed by atoms with Gasteiger partial charge in [-0.05, 0) is 18.6 Å². The summed E-state index contributed by atoms with van der Waals surface area (Å²) in [6.45, 7) is 1.37. The maximum Gasteiger partial charge on any atom is 0.416 e. The molecule has 0 amide bonds. The summed E-state index contributed by atoms with van der Waals surface area (Å²) < 4.78 is 91.6. The summed E-state index contributed by atoms with van der Waals surface area (Å²) >= 11 is 0. The maximum absolute atomic E-state index is 14.2. The van der Waals surface area contributed by atoms with E-state index in [4.69, 9.17) is 0 Å². The third-order valence-corrected chi connectivity index (χ3v) is 3.99. The van der Waals surface area contributed by atoms with Gasteiger partial charge >= 0.3 is 12.4 Å². The zero-order valence-corrected chi connectivity index (χ0v) is 15.1. The van der Waals surface area contributed by atoms with Crippen molar-refractivity contribution in [2.24, 2.45) is 0 Å². The largest absolute Gasteiger partial charge is 0.416 e. The predicted molar refractivity (Wildman–Crippen MR) is 88.4 cm³/mol. The number of nitrogens with one attached hydrogen (secondary N) is 1. The zero-order valence-electron chi connectivity index (χ0n) is 13.5. The number of piperazine rings is 1. The van der Waals surface area contributed by atoms with Crippen molar-refractivity contribution >= 4 is 24.8 Å². The van der Waals surface area contributed by atoms with Crippen molar-refractivity contribution < 1.29 is 30.7 Å². The second-order valence-corrected chi connectivity index (χ2v) is 5.65. The number of hydrogen-bond donors (Lipinski definition) is 1. The molecule has 0 saturated carbocycles. The number of rotatable bonds is 4. The highest BCUT2D eigenvalue weighted by Gasteiger charge is 2.40. The molecule has 26 heavy (non-hydrogen) atoms. The van der Waals surface area contributed by atoms with Crippen LogP contribution in [0.1, 0.15) is 30.0 Å². The number of hydrogen-bond acceptors (Lipinski definition) is 2. The first-order chi connectivity index (χ1) is 11.1. The van der Waals surface area contributed by atoms with E-state index in [2.05, 4.69) is 5.32 Å². The van der Waals surface area contributed by atoms with E-state index in [9.17, 15) is 30.7 Å². The second-order valence-electron chi connectivity index (χ2n) is 5.65. The first kappa shape index (κ1) is 25.2. The molecule has 0 aliphatic carbocycles. The number of benzene rings is 1. The Morgan fingerprint density at radius 1 is 1.00 bits per heavy atom. The predicted octanol–water partition coefficient (Wildman–Crippen LogP) is 4.98. The van der Waals surface area contributed by atoms with Gasteiger partial charge in [0.15, 0.2) is 0 Å². The van der Waals surface area contributed by atoms with E-state index in [1.165, 1.54) is 4.90 Å². The lowest BCUT2D eigenvalue weighted by Gasteiger charge is -2.36. The highest BCUT2D eigenvalue weighted by Crippen LogP contribution is 2.40. The van der Waals surface area contributed by atoms with Gasteiger partial charge in [-0.2, -0.15) is 26.3 Å². The van der Waals surface area contributed by atoms with Gasteiger partial charge in [0.25, 0.3) is 0 Å². The molecule has 1 fully saturated rings. The fourth-order valence-corrected chi connectivity index (χ4v) is 2.93. The fourth-order valence-electron chi connectivity index (χ4n) is 2.93. The normalized spacial score (nSPS) is 17.2. The quantitative estimate of drug-likeness (QED) is 0.677. The van der Waals surface area contributed by atoms with Crippen molar-refractivity contribution in [2.45, 2.75) is 31.2 Å². The summed E-state index contributed by atoms with van der Waals surface area (Å²) in [7, 11) is 0. The summed E-state index contributed by atoms with van der Waals surface area (Å²) in [5, 5.41) is 2.97. The molecule has 0 aromatic heterocycles. The highest BCUT2D eigenvalue weighted by atomic mass is 35.5. The molecule has 1 aromatic rings. The minimum atomic E-state index is -4.83. The first-order valence-electron chi connectivity index (χ1n) is 7.47. The number of halogens is 9. The van der Waals surface area contributed by atoms with Crippen molar-refractivity contribution in [3.05, 3.63) is 35.1 Å². The Morgan fingerprint density at radius 3 is 2.08 bits per heavy atom. The van der Waals surface area contributed by atoms with Crippen LogP contribution in [0.3, 0.4) is 0 Å². The van der Waals surface area contributed by atoms with E-state index in [-0.39, 0.29) is 37.9 Å². The summed E-state index contributed by atoms with van der Waals surface area (Å²) in [4.78, 5) is 1.48. The van der Waals surface area contributed by atoms with Crippen LogP contribution in [0.15, 0.2) is 18.2 Å². The molecule has 1 saturated heterocycles. The van der Waals surface area contributed by atoms with E-state index in [0.717, 1.165) is 12.1 Å². The molecule has 152 valence electrons. The summed E-state index contributed by atoms with van der Waals surface area (Å²) in [6.07, 6.45) is -11.2. The molecule has 2 nitrogen and oxygen atoms in total. The van der Waals surface area contributed by atoms with Gasteiger partial charge in [-0.1, -0.05) is 6.07 Å². The smallest absolute Gasteiger partial charge is 0.314 e. The van der Waals surface area contributed by atoms with E-state index < -0.39 is 48.2 Å². The SMILES string of the molecule is Cl.Cl.Fc1cccc(C(F)(F)F)c1[C@H](CCC(F)(F)F)N1CCNCC1. The molecule has 1 aliphatic heterocycles. The maximum atomic E-state index is 14.2. The van der Waals surface area contributed by atoms with Gasteiger partial charge in [0.2, 0.25) is 0 Å². The molecule has 11 heteroatoms. The van der Waals surface area contributed by atoms with Gasteiger partial charge in [-0.25, -0.2) is 4.39 Å². The highest BCUT2D eigenvalue weighted by molar-refractivity contribution is 5.85. The van der Waals surface area contributed by atoms with Crippen LogP contribution in [0.5, 0.6) is 0 Å². The zero-order chi connectivity index (χ0) is 18.0. The van der Waals surface area contributed by atoms with Gasteiger partial charge in [-0.3, -0.25) is 4.90 Å². The van der Waals surface area contributed by atoms with Crippen LogP contribution in [0.4, 0.5) is 30.7 Å². The Kier molecular flexibility index (Phi) is 9.67. The topological polar surface area (TPSA) is 15.3 Å². The molecule has 0 bridgehead atoms. The first-order valence-corrected chi connectivity index (χ1v) is 7.47. The number of alkyl halides is 6. The third kappa shape index (κ3) is 6.75. The lowest BCUT2D eigenvalue weighted by atomic mass is 9.93. The van der Waals surface area contributed by atoms with Crippen LogP contribution in [-0.2, 0) is 6.18 Å². The van der Waals surface area contributed by atoms with Crippen LogP contribution in [0.25, 0.3) is 0 Å². The average Bonchev–Trinajstić information content (AvgIpc) is 2.47. The Labute approximate surface area is 158 Å². The second kappa shape index (κ2) is 9.96. The van der Waals surface area contributed by atoms with Crippen LogP contribution in [0.2, 0.25) is 0 Å². The summed E-state index contributed by atoms with van der Waals surface area (Å²) in [5.74, 6) is -1.13. The molecule has 2 rings (SSSR count). The van der Waals surface area contributed by atoms with Crippen molar-refractivity contribution in [1.82, 2.24) is 10.2 Å². The Morgan fingerprint density at radius 2 is 1.58 bits per heavy atom. The van der Waals surface area contributed by atoms with E-state index >= 15 is 0 Å². The van der Waals surface area contributed by atoms with Gasteiger partial charge in [-0.15, -0.1) is 24.8 Å². The molecule has 1 aromatic carbocycles. The van der Waals surface area contributed by atoms with E-state index in [1.807, 2.05) is 0 Å². The van der Waals surface area contributed by atoms with Crippen molar-refractivity contribution in [3.63, 3.8) is 0 Å². The lowest BCUT2D eigenvalue weighted by molar-refractivity contribution is -0.141. The van der Waals surface area contributed by atoms with Gasteiger partial charge < -0.3 is 5.32 Å². The lowest BCUT2D eigenvalue weighted by Crippen LogP contribution is -2.46. The average molecular weight is 431 g/mol. The Balaban J connectivity index is 0.00000312. The van der Waals surface area contributed by atoms with Crippen molar-refractivity contribution in [1.29, 1.82) is 0 Å². The van der Waals surface area contributed by atoms with Crippen molar-refractivity contribution in [3.8, 4) is 0 Å². The van der Waals surface area contributed by atoms with E-state index in [0.29, 0.717) is 19.2 Å². The Hall–Kier alpha value is -0.770. The standard InChI is InChI=1S/C15H17F7N2.2ClH/c16-11-3-1-2-10(15(20,21)22)13(11)12(4-5-14(17,18)19)24-8-6-23-7-9-24;;/h1-3,12,23H,4-9H2;2*1H/t12-;;/m0../s1. The monoisotopic (exact) mass is 430 g/mol. The molecule has 0 radical (unpaired) electrons. The molecule has 1 N–H and O–H groups in total. The fraction of sp³-hybridized carbons (Fsp3) is 0.600. The minimum Gasteiger partial charge on any atom is -0.314 e. The number of nitrogens with zero attached hydrogens (tertiary/aromatic N) is 1. The van der Waals surface area contributed by atoms with Crippen LogP contribution >= 0.6 is 24.8 Å². The molecule has 1 atom stereocenters. The van der Waals surface area contributed by atoms with Crippen LogP contribution < -0.4 is 5.32 Å². The van der Waals surface area contributed by atoms with Crippen LogP contribution in [-0.4, -0.2) is 37.3 Å². The van der Waals surface area contributed by atoms with Crippen molar-refractivity contribution in [2.75, 3.05) is 26.2 Å². The summed E-state index contributed by atoms with van der Waals surface area (Å²) in [6, 6.07) is 1.21. The van der Waals surface area contributed by atoms with Crippen LogP contribution in [0, 0.1) is 5.82 Å². The molecule has 1 aliphatic rings. The van der Waals surface area contributed by atoms with Gasteiger partial charge in [0.1, 0.15) is 5.82 Å². The minimum absolute atomic E-state index is 0. The van der Waals surface area contributed by atoms with Gasteiger partial charge in [0, 0.05) is 44.2 Å². The third-order valence-electron chi connectivity index (χ3n) is 3.99. The molecule has 0 spiro atoms. The Bertz CT molecular complexity index is 558. The summed E-state index contributed by atoms with van der Waals surface area (Å²) in [5.41, 5.74) is -1.91. The molecule has 1 heterocycles. The molecule has 0 unspecified atom stereocenters.